The van der Waals surface area contributed by atoms with E-state index in [-0.39, 0.29) is 17.6 Å². The lowest BCUT2D eigenvalue weighted by Crippen LogP contribution is -2.41. The van der Waals surface area contributed by atoms with Gasteiger partial charge in [0.05, 0.1) is 12.1 Å². The fourth-order valence-electron chi connectivity index (χ4n) is 3.59. The lowest BCUT2D eigenvalue weighted by atomic mass is 9.96. The molecule has 0 radical (unpaired) electrons. The first kappa shape index (κ1) is 15.7. The van der Waals surface area contributed by atoms with Gasteiger partial charge in [0.1, 0.15) is 0 Å². The molecule has 1 heterocycles. The van der Waals surface area contributed by atoms with E-state index in [0.717, 1.165) is 36.9 Å². The molecule has 1 aliphatic rings. The predicted octanol–water partition coefficient (Wildman–Crippen LogP) is 2.28. The zero-order valence-electron chi connectivity index (χ0n) is 13.1. The van der Waals surface area contributed by atoms with Gasteiger partial charge in [-0.05, 0) is 32.6 Å². The highest BCUT2D eigenvalue weighted by atomic mass is 16.4. The number of carboxylic acid groups (broad SMARTS) is 1. The van der Waals surface area contributed by atoms with Crippen LogP contribution in [0.4, 0.5) is 0 Å². The molecular weight excluding hydrogens is 268 g/mol. The third kappa shape index (κ3) is 2.87. The largest absolute Gasteiger partial charge is 0.481 e. The topological polar surface area (TPSA) is 72.2 Å². The second-order valence-electron chi connectivity index (χ2n) is 6.08. The van der Waals surface area contributed by atoms with Crippen LogP contribution >= 0.6 is 0 Å². The minimum atomic E-state index is -0.872. The number of carboxylic acids is 1. The smallest absolute Gasteiger partial charge is 0.348 e. The van der Waals surface area contributed by atoms with E-state index < -0.39 is 5.97 Å². The first-order chi connectivity index (χ1) is 9.92. The first-order valence-corrected chi connectivity index (χ1v) is 7.79. The Morgan fingerprint density at radius 2 is 1.90 bits per heavy atom. The van der Waals surface area contributed by atoms with Crippen molar-refractivity contribution in [2.45, 2.75) is 71.3 Å². The predicted molar refractivity (Wildman–Crippen MR) is 80.7 cm³/mol. The van der Waals surface area contributed by atoms with Crippen LogP contribution in [0.15, 0.2) is 4.79 Å². The molecule has 1 aromatic heterocycles. The number of aliphatic carboxylic acids is 1. The molecule has 0 aromatic carbocycles. The highest BCUT2D eigenvalue weighted by molar-refractivity contribution is 5.71. The molecule has 1 fully saturated rings. The van der Waals surface area contributed by atoms with Crippen LogP contribution in [-0.4, -0.2) is 20.6 Å². The summed E-state index contributed by atoms with van der Waals surface area (Å²) in [6.45, 7) is 5.99. The maximum Gasteiger partial charge on any atom is 0.348 e. The first-order valence-electron chi connectivity index (χ1n) is 7.79. The number of hydrogen-bond donors (Lipinski definition) is 1. The van der Waals surface area contributed by atoms with Crippen LogP contribution in [0.3, 0.4) is 0 Å². The summed E-state index contributed by atoms with van der Waals surface area (Å²) < 4.78 is 1.79. The molecule has 0 spiro atoms. The average Bonchev–Trinajstić information content (AvgIpc) is 2.86. The summed E-state index contributed by atoms with van der Waals surface area (Å²) in [7, 11) is 0. The number of aromatic nitrogens is 2. The summed E-state index contributed by atoms with van der Waals surface area (Å²) in [5, 5.41) is 9.18. The summed E-state index contributed by atoms with van der Waals surface area (Å²) >= 11 is 0. The van der Waals surface area contributed by atoms with Crippen molar-refractivity contribution in [2.75, 3.05) is 0 Å². The van der Waals surface area contributed by atoms with Crippen molar-refractivity contribution in [1.82, 2.24) is 9.55 Å². The summed E-state index contributed by atoms with van der Waals surface area (Å²) in [4.78, 5) is 27.9. The second-order valence-corrected chi connectivity index (χ2v) is 6.08. The third-order valence-electron chi connectivity index (χ3n) is 4.61. The van der Waals surface area contributed by atoms with Crippen molar-refractivity contribution < 1.29 is 9.90 Å². The Balaban J connectivity index is 2.69. The van der Waals surface area contributed by atoms with E-state index >= 15 is 0 Å². The SMILES string of the molecule is CCc1nc(=O)n(C2(C)CCCC2)c(CC)c1CC(=O)O. The van der Waals surface area contributed by atoms with Gasteiger partial charge in [-0.25, -0.2) is 4.79 Å². The van der Waals surface area contributed by atoms with E-state index in [9.17, 15) is 14.7 Å². The standard InChI is InChI=1S/C16H24N2O3/c1-4-12-11(10-14(19)20)13(5-2)18(15(21)17-12)16(3)8-6-7-9-16/h4-10H2,1-3H3,(H,19,20). The van der Waals surface area contributed by atoms with Crippen molar-refractivity contribution in [2.24, 2.45) is 0 Å². The zero-order valence-corrected chi connectivity index (χ0v) is 13.1. The van der Waals surface area contributed by atoms with E-state index in [1.807, 2.05) is 13.8 Å². The Hall–Kier alpha value is -1.65. The van der Waals surface area contributed by atoms with Crippen LogP contribution in [-0.2, 0) is 29.6 Å². The summed E-state index contributed by atoms with van der Waals surface area (Å²) in [6.07, 6.45) is 5.31. The number of carbonyl (C=O) groups is 1. The second kappa shape index (κ2) is 6.00. The zero-order chi connectivity index (χ0) is 15.6. The molecule has 1 N–H and O–H groups in total. The normalized spacial score (nSPS) is 17.1. The van der Waals surface area contributed by atoms with Gasteiger partial charge in [-0.2, -0.15) is 4.98 Å². The molecule has 2 rings (SSSR count). The lowest BCUT2D eigenvalue weighted by Gasteiger charge is -2.31. The molecule has 0 aliphatic heterocycles. The van der Waals surface area contributed by atoms with Crippen LogP contribution in [0.5, 0.6) is 0 Å². The van der Waals surface area contributed by atoms with E-state index in [2.05, 4.69) is 11.9 Å². The lowest BCUT2D eigenvalue weighted by molar-refractivity contribution is -0.136. The molecule has 116 valence electrons. The molecule has 0 unspecified atom stereocenters. The Morgan fingerprint density at radius 1 is 1.29 bits per heavy atom. The molecule has 1 saturated carbocycles. The number of nitrogens with zero attached hydrogens (tertiary/aromatic N) is 2. The molecule has 21 heavy (non-hydrogen) atoms. The van der Waals surface area contributed by atoms with Crippen LogP contribution in [0.25, 0.3) is 0 Å². The molecule has 1 aromatic rings. The van der Waals surface area contributed by atoms with Crippen LogP contribution in [0.1, 0.15) is 63.4 Å². The summed E-state index contributed by atoms with van der Waals surface area (Å²) in [5.74, 6) is -0.872. The number of rotatable bonds is 5. The molecule has 0 atom stereocenters. The van der Waals surface area contributed by atoms with Gasteiger partial charge < -0.3 is 5.11 Å². The summed E-state index contributed by atoms with van der Waals surface area (Å²) in [6, 6.07) is 0. The molecular formula is C16H24N2O3. The van der Waals surface area contributed by atoms with Gasteiger partial charge in [0.2, 0.25) is 0 Å². The molecule has 0 bridgehead atoms. The Bertz CT molecular complexity index is 598. The fourth-order valence-corrected chi connectivity index (χ4v) is 3.59. The van der Waals surface area contributed by atoms with E-state index in [4.69, 9.17) is 0 Å². The minimum Gasteiger partial charge on any atom is -0.481 e. The monoisotopic (exact) mass is 292 g/mol. The quantitative estimate of drug-likeness (QED) is 0.903. The molecule has 0 saturated heterocycles. The molecule has 1 aliphatic carbocycles. The van der Waals surface area contributed by atoms with Gasteiger partial charge in [-0.15, -0.1) is 0 Å². The molecule has 0 amide bonds. The fraction of sp³-hybridized carbons (Fsp3) is 0.688. The molecule has 5 nitrogen and oxygen atoms in total. The highest BCUT2D eigenvalue weighted by Gasteiger charge is 2.34. The molecule has 5 heteroatoms. The van der Waals surface area contributed by atoms with Crippen molar-refractivity contribution in [3.8, 4) is 0 Å². The van der Waals surface area contributed by atoms with Gasteiger partial charge in [0, 0.05) is 16.8 Å². The minimum absolute atomic E-state index is 0.0598. The summed E-state index contributed by atoms with van der Waals surface area (Å²) in [5.41, 5.74) is 1.80. The van der Waals surface area contributed by atoms with Crippen LogP contribution in [0.2, 0.25) is 0 Å². The van der Waals surface area contributed by atoms with E-state index in [0.29, 0.717) is 18.5 Å². The van der Waals surface area contributed by atoms with E-state index in [1.54, 1.807) is 4.57 Å². The highest BCUT2D eigenvalue weighted by Crippen LogP contribution is 2.36. The van der Waals surface area contributed by atoms with Crippen LogP contribution < -0.4 is 5.69 Å². The maximum atomic E-state index is 12.5. The van der Waals surface area contributed by atoms with Gasteiger partial charge in [-0.1, -0.05) is 26.7 Å². The van der Waals surface area contributed by atoms with Crippen molar-refractivity contribution in [3.05, 3.63) is 27.4 Å². The van der Waals surface area contributed by atoms with Gasteiger partial charge in [-0.3, -0.25) is 9.36 Å². The number of aryl methyl sites for hydroxylation is 1. The maximum absolute atomic E-state index is 12.5. The van der Waals surface area contributed by atoms with Crippen molar-refractivity contribution in [1.29, 1.82) is 0 Å². The van der Waals surface area contributed by atoms with E-state index in [1.165, 1.54) is 0 Å². The Kier molecular flexibility index (Phi) is 4.49. The van der Waals surface area contributed by atoms with Crippen molar-refractivity contribution >= 4 is 5.97 Å². The number of hydrogen-bond acceptors (Lipinski definition) is 3. The average molecular weight is 292 g/mol. The van der Waals surface area contributed by atoms with Crippen LogP contribution in [0, 0.1) is 0 Å². The Morgan fingerprint density at radius 3 is 2.38 bits per heavy atom. The van der Waals surface area contributed by atoms with Gasteiger partial charge >= 0.3 is 11.7 Å². The van der Waals surface area contributed by atoms with Gasteiger partial charge in [0.15, 0.2) is 0 Å². The third-order valence-corrected chi connectivity index (χ3v) is 4.61. The Labute approximate surface area is 125 Å². The van der Waals surface area contributed by atoms with Gasteiger partial charge in [0.25, 0.3) is 0 Å². The van der Waals surface area contributed by atoms with Crippen molar-refractivity contribution in [3.63, 3.8) is 0 Å².